The van der Waals surface area contributed by atoms with E-state index >= 15 is 0 Å². The quantitative estimate of drug-likeness (QED) is 0.482. The van der Waals surface area contributed by atoms with Crippen molar-refractivity contribution >= 4 is 58.2 Å². The van der Waals surface area contributed by atoms with Crippen LogP contribution in [0.25, 0.3) is 0 Å². The summed E-state index contributed by atoms with van der Waals surface area (Å²) in [6.07, 6.45) is 4.16. The molecule has 2 aromatic carbocycles. The molecule has 0 heterocycles. The Kier molecular flexibility index (Phi) is 8.51. The van der Waals surface area contributed by atoms with E-state index in [-0.39, 0.29) is 30.8 Å². The Morgan fingerprint density at radius 2 is 1.68 bits per heavy atom. The molecule has 0 saturated heterocycles. The van der Waals surface area contributed by atoms with Crippen LogP contribution in [0.4, 0.5) is 0 Å². The van der Waals surface area contributed by atoms with E-state index in [1.807, 2.05) is 0 Å². The van der Waals surface area contributed by atoms with Crippen LogP contribution in [0.3, 0.4) is 0 Å². The first-order valence-corrected chi connectivity index (χ1v) is 11.7. The first-order valence-electron chi connectivity index (χ1n) is 10.2. The average Bonchev–Trinajstić information content (AvgIpc) is 3.22. The van der Waals surface area contributed by atoms with Gasteiger partial charge < -0.3 is 10.2 Å². The van der Waals surface area contributed by atoms with Crippen molar-refractivity contribution in [3.05, 3.63) is 67.6 Å². The molecule has 1 N–H and O–H groups in total. The molecule has 166 valence electrons. The maximum atomic E-state index is 13.3. The van der Waals surface area contributed by atoms with Gasteiger partial charge in [0.15, 0.2) is 0 Å². The van der Waals surface area contributed by atoms with Gasteiger partial charge in [-0.1, -0.05) is 71.4 Å². The third-order valence-corrected chi connectivity index (χ3v) is 6.91. The Labute approximate surface area is 202 Å². The minimum Gasteiger partial charge on any atom is -0.352 e. The van der Waals surface area contributed by atoms with Crippen molar-refractivity contribution in [2.24, 2.45) is 0 Å². The number of nitrogens with zero attached hydrogens (tertiary/aromatic N) is 1. The van der Waals surface area contributed by atoms with E-state index in [1.54, 1.807) is 43.3 Å². The van der Waals surface area contributed by atoms with Gasteiger partial charge in [-0.15, -0.1) is 0 Å². The van der Waals surface area contributed by atoms with Crippen molar-refractivity contribution in [3.8, 4) is 0 Å². The lowest BCUT2D eigenvalue weighted by molar-refractivity contribution is -0.140. The summed E-state index contributed by atoms with van der Waals surface area (Å²) < 4.78 is 0. The molecule has 1 saturated carbocycles. The lowest BCUT2D eigenvalue weighted by atomic mass is 10.1. The number of nitrogens with one attached hydrogen (secondary N) is 1. The van der Waals surface area contributed by atoms with E-state index < -0.39 is 6.04 Å². The summed E-state index contributed by atoms with van der Waals surface area (Å²) in [7, 11) is 0. The average molecular weight is 502 g/mol. The largest absolute Gasteiger partial charge is 0.352 e. The molecule has 2 amide bonds. The zero-order chi connectivity index (χ0) is 22.5. The van der Waals surface area contributed by atoms with Crippen LogP contribution in [0.1, 0.15) is 43.7 Å². The Morgan fingerprint density at radius 1 is 1.03 bits per heavy atom. The Morgan fingerprint density at radius 3 is 2.29 bits per heavy atom. The SMILES string of the molecule is CC(C(=O)NC1CCCC1)N(Cc1c(Cl)cccc1Cl)C(=O)Cc1ccc(Cl)cc1Cl. The molecule has 1 fully saturated rings. The van der Waals surface area contributed by atoms with Gasteiger partial charge in [0.1, 0.15) is 6.04 Å². The Hall–Kier alpha value is -1.46. The summed E-state index contributed by atoms with van der Waals surface area (Å²) in [5, 5.41) is 4.85. The van der Waals surface area contributed by atoms with E-state index in [0.29, 0.717) is 31.2 Å². The molecule has 0 aromatic heterocycles. The number of hydrogen-bond acceptors (Lipinski definition) is 2. The van der Waals surface area contributed by atoms with Gasteiger partial charge in [0.05, 0.1) is 6.42 Å². The van der Waals surface area contributed by atoms with Crippen LogP contribution in [0.2, 0.25) is 20.1 Å². The van der Waals surface area contributed by atoms with Crippen LogP contribution in [-0.4, -0.2) is 28.8 Å². The summed E-state index contributed by atoms with van der Waals surface area (Å²) in [4.78, 5) is 27.8. The molecular weight excluding hydrogens is 478 g/mol. The van der Waals surface area contributed by atoms with Crippen molar-refractivity contribution in [1.82, 2.24) is 10.2 Å². The first kappa shape index (κ1) is 24.2. The van der Waals surface area contributed by atoms with Gasteiger partial charge in [0.2, 0.25) is 11.8 Å². The molecule has 31 heavy (non-hydrogen) atoms. The van der Waals surface area contributed by atoms with Crippen LogP contribution in [0, 0.1) is 0 Å². The lowest BCUT2D eigenvalue weighted by Crippen LogP contribution is -2.50. The zero-order valence-corrected chi connectivity index (χ0v) is 20.2. The fourth-order valence-electron chi connectivity index (χ4n) is 3.76. The smallest absolute Gasteiger partial charge is 0.242 e. The van der Waals surface area contributed by atoms with Crippen molar-refractivity contribution in [2.75, 3.05) is 0 Å². The highest BCUT2D eigenvalue weighted by Crippen LogP contribution is 2.28. The second kappa shape index (κ2) is 10.9. The number of hydrogen-bond donors (Lipinski definition) is 1. The summed E-state index contributed by atoms with van der Waals surface area (Å²) >= 11 is 24.9. The third-order valence-electron chi connectivity index (χ3n) is 5.62. The third kappa shape index (κ3) is 6.29. The van der Waals surface area contributed by atoms with Gasteiger partial charge in [0, 0.05) is 38.2 Å². The molecular formula is C23H24Cl4N2O2. The van der Waals surface area contributed by atoms with Crippen LogP contribution in [-0.2, 0) is 22.6 Å². The monoisotopic (exact) mass is 500 g/mol. The topological polar surface area (TPSA) is 49.4 Å². The van der Waals surface area contributed by atoms with E-state index in [0.717, 1.165) is 25.7 Å². The summed E-state index contributed by atoms with van der Waals surface area (Å²) in [5.41, 5.74) is 1.23. The van der Waals surface area contributed by atoms with Gasteiger partial charge in [-0.05, 0) is 49.6 Å². The van der Waals surface area contributed by atoms with Crippen LogP contribution in [0.15, 0.2) is 36.4 Å². The summed E-state index contributed by atoms with van der Waals surface area (Å²) in [6, 6.07) is 9.61. The molecule has 1 atom stereocenters. The predicted molar refractivity (Wildman–Crippen MR) is 127 cm³/mol. The van der Waals surface area contributed by atoms with Crippen molar-refractivity contribution in [3.63, 3.8) is 0 Å². The molecule has 0 radical (unpaired) electrons. The normalized spacial score (nSPS) is 15.0. The maximum absolute atomic E-state index is 13.3. The van der Waals surface area contributed by atoms with Crippen LogP contribution >= 0.6 is 46.4 Å². The minimum absolute atomic E-state index is 0.0269. The molecule has 8 heteroatoms. The Balaban J connectivity index is 1.85. The minimum atomic E-state index is -0.702. The van der Waals surface area contributed by atoms with Crippen LogP contribution < -0.4 is 5.32 Å². The molecule has 1 aliphatic rings. The van der Waals surface area contributed by atoms with Gasteiger partial charge in [0.25, 0.3) is 0 Å². The molecule has 1 aliphatic carbocycles. The Bertz CT molecular complexity index is 940. The highest BCUT2D eigenvalue weighted by atomic mass is 35.5. The summed E-state index contributed by atoms with van der Waals surface area (Å²) in [6.45, 7) is 1.83. The molecule has 3 rings (SSSR count). The highest BCUT2D eigenvalue weighted by molar-refractivity contribution is 6.36. The second-order valence-electron chi connectivity index (χ2n) is 7.80. The number of rotatable bonds is 7. The van der Waals surface area contributed by atoms with Crippen molar-refractivity contribution < 1.29 is 9.59 Å². The summed E-state index contributed by atoms with van der Waals surface area (Å²) in [5.74, 6) is -0.445. The number of benzene rings is 2. The van der Waals surface area contributed by atoms with E-state index in [9.17, 15) is 9.59 Å². The second-order valence-corrected chi connectivity index (χ2v) is 9.46. The van der Waals surface area contributed by atoms with Gasteiger partial charge in [-0.25, -0.2) is 0 Å². The first-order chi connectivity index (χ1) is 14.8. The van der Waals surface area contributed by atoms with Crippen molar-refractivity contribution in [2.45, 2.75) is 57.7 Å². The van der Waals surface area contributed by atoms with Gasteiger partial charge in [-0.2, -0.15) is 0 Å². The number of amides is 2. The van der Waals surface area contributed by atoms with Gasteiger partial charge >= 0.3 is 0 Å². The standard InChI is InChI=1S/C23H24Cl4N2O2/c1-14(23(31)28-17-5-2-3-6-17)29(13-18-19(25)7-4-8-20(18)26)22(30)11-15-9-10-16(24)12-21(15)27/h4,7-10,12,14,17H,2-3,5-6,11,13H2,1H3,(H,28,31). The lowest BCUT2D eigenvalue weighted by Gasteiger charge is -2.30. The molecule has 0 bridgehead atoms. The van der Waals surface area contributed by atoms with Crippen LogP contribution in [0.5, 0.6) is 0 Å². The van der Waals surface area contributed by atoms with E-state index in [1.165, 1.54) is 4.90 Å². The van der Waals surface area contributed by atoms with E-state index in [4.69, 9.17) is 46.4 Å². The zero-order valence-electron chi connectivity index (χ0n) is 17.1. The predicted octanol–water partition coefficient (Wildman–Crippen LogP) is 6.32. The molecule has 0 spiro atoms. The molecule has 0 aliphatic heterocycles. The molecule has 2 aromatic rings. The number of carbonyl (C=O) groups excluding carboxylic acids is 2. The highest BCUT2D eigenvalue weighted by Gasteiger charge is 2.29. The number of carbonyl (C=O) groups is 2. The van der Waals surface area contributed by atoms with Crippen molar-refractivity contribution in [1.29, 1.82) is 0 Å². The van der Waals surface area contributed by atoms with Gasteiger partial charge in [-0.3, -0.25) is 9.59 Å². The fourth-order valence-corrected chi connectivity index (χ4v) is 4.75. The van der Waals surface area contributed by atoms with E-state index in [2.05, 4.69) is 5.32 Å². The fraction of sp³-hybridized carbons (Fsp3) is 0.391. The molecule has 1 unspecified atom stereocenters. The number of halogens is 4. The maximum Gasteiger partial charge on any atom is 0.242 e. The molecule has 4 nitrogen and oxygen atoms in total.